The van der Waals surface area contributed by atoms with E-state index < -0.39 is 0 Å². The first-order valence-electron chi connectivity index (χ1n) is 5.10. The van der Waals surface area contributed by atoms with Crippen molar-refractivity contribution in [2.24, 2.45) is 0 Å². The largest absolute Gasteiger partial charge is 0.143 e. The molecule has 0 saturated heterocycles. The smallest absolute Gasteiger partial charge is 0.0857 e. The van der Waals surface area contributed by atoms with E-state index in [2.05, 4.69) is 63.7 Å². The highest BCUT2D eigenvalue weighted by atomic mass is 127. The van der Waals surface area contributed by atoms with Gasteiger partial charge in [0.15, 0.2) is 0 Å². The minimum absolute atomic E-state index is 0.0362. The van der Waals surface area contributed by atoms with Crippen LogP contribution in [0.25, 0.3) is 10.1 Å². The van der Waals surface area contributed by atoms with Gasteiger partial charge in [-0.1, -0.05) is 18.2 Å². The lowest BCUT2D eigenvalue weighted by atomic mass is 10.1. The van der Waals surface area contributed by atoms with E-state index in [1.807, 2.05) is 0 Å². The monoisotopic (exact) mass is 390 g/mol. The van der Waals surface area contributed by atoms with E-state index in [1.165, 1.54) is 24.1 Å². The standard InChI is InChI=1S/C13H8ClIS2/c14-13(8-5-12(15)17-6-8)10-7-16-11-4-2-1-3-9(10)11/h1-7,13H. The zero-order chi connectivity index (χ0) is 11.8. The van der Waals surface area contributed by atoms with Crippen LogP contribution in [0.2, 0.25) is 0 Å². The average molecular weight is 391 g/mol. The van der Waals surface area contributed by atoms with E-state index in [4.69, 9.17) is 11.6 Å². The SMILES string of the molecule is ClC(c1csc(I)c1)c1csc2ccccc12. The normalized spacial score (nSPS) is 13.1. The third kappa shape index (κ3) is 2.26. The van der Waals surface area contributed by atoms with Crippen LogP contribution in [0.5, 0.6) is 0 Å². The van der Waals surface area contributed by atoms with Crippen molar-refractivity contribution in [3.8, 4) is 0 Å². The van der Waals surface area contributed by atoms with Crippen molar-refractivity contribution >= 4 is 67.0 Å². The number of hydrogen-bond acceptors (Lipinski definition) is 2. The minimum atomic E-state index is -0.0362. The van der Waals surface area contributed by atoms with Gasteiger partial charge in [0, 0.05) is 4.70 Å². The molecule has 0 radical (unpaired) electrons. The van der Waals surface area contributed by atoms with Gasteiger partial charge < -0.3 is 0 Å². The fourth-order valence-corrected chi connectivity index (χ4v) is 4.67. The molecule has 3 rings (SSSR count). The molecular weight excluding hydrogens is 383 g/mol. The van der Waals surface area contributed by atoms with Crippen LogP contribution < -0.4 is 0 Å². The highest BCUT2D eigenvalue weighted by Gasteiger charge is 2.16. The van der Waals surface area contributed by atoms with Crippen LogP contribution in [0.4, 0.5) is 0 Å². The maximum absolute atomic E-state index is 6.58. The lowest BCUT2D eigenvalue weighted by Gasteiger charge is -2.06. The van der Waals surface area contributed by atoms with Crippen molar-refractivity contribution in [3.05, 3.63) is 55.1 Å². The molecule has 0 spiro atoms. The third-order valence-corrected chi connectivity index (χ3v) is 5.94. The molecule has 2 aromatic heterocycles. The molecule has 3 aromatic rings. The number of halogens is 2. The summed E-state index contributed by atoms with van der Waals surface area (Å²) in [5, 5.41) is 5.56. The van der Waals surface area contributed by atoms with Gasteiger partial charge >= 0.3 is 0 Å². The van der Waals surface area contributed by atoms with Gasteiger partial charge in [0.2, 0.25) is 0 Å². The van der Waals surface area contributed by atoms with Gasteiger partial charge in [-0.2, -0.15) is 0 Å². The summed E-state index contributed by atoms with van der Waals surface area (Å²) in [5.41, 5.74) is 2.42. The Morgan fingerprint density at radius 3 is 2.71 bits per heavy atom. The Bertz CT molecular complexity index is 656. The van der Waals surface area contributed by atoms with Gasteiger partial charge in [-0.3, -0.25) is 0 Å². The molecule has 86 valence electrons. The first-order valence-corrected chi connectivity index (χ1v) is 8.37. The molecule has 0 amide bonds. The molecule has 0 N–H and O–H groups in total. The molecule has 2 heterocycles. The zero-order valence-corrected chi connectivity index (χ0v) is 13.2. The van der Waals surface area contributed by atoms with Crippen LogP contribution in [0.15, 0.2) is 41.1 Å². The quantitative estimate of drug-likeness (QED) is 0.378. The van der Waals surface area contributed by atoms with Gasteiger partial charge in [-0.15, -0.1) is 34.3 Å². The van der Waals surface area contributed by atoms with Crippen LogP contribution in [0.3, 0.4) is 0 Å². The number of thiophene rings is 2. The molecule has 0 fully saturated rings. The van der Waals surface area contributed by atoms with Crippen molar-refractivity contribution in [2.45, 2.75) is 5.38 Å². The second-order valence-electron chi connectivity index (χ2n) is 3.73. The Morgan fingerprint density at radius 1 is 1.12 bits per heavy atom. The van der Waals surface area contributed by atoms with Crippen LogP contribution >= 0.6 is 56.9 Å². The second-order valence-corrected chi connectivity index (χ2v) is 7.89. The fourth-order valence-electron chi connectivity index (χ4n) is 1.83. The first-order chi connectivity index (χ1) is 8.25. The molecule has 4 heteroatoms. The third-order valence-electron chi connectivity index (χ3n) is 2.66. The minimum Gasteiger partial charge on any atom is -0.143 e. The summed E-state index contributed by atoms with van der Waals surface area (Å²) in [4.78, 5) is 0. The highest BCUT2D eigenvalue weighted by Crippen LogP contribution is 2.38. The molecule has 1 unspecified atom stereocenters. The number of fused-ring (bicyclic) bond motifs is 1. The van der Waals surface area contributed by atoms with Gasteiger partial charge in [-0.05, 0) is 62.0 Å². The topological polar surface area (TPSA) is 0 Å². The number of hydrogen-bond donors (Lipinski definition) is 0. The molecule has 1 atom stereocenters. The van der Waals surface area contributed by atoms with Gasteiger partial charge in [0.1, 0.15) is 0 Å². The van der Waals surface area contributed by atoms with Crippen molar-refractivity contribution in [1.29, 1.82) is 0 Å². The van der Waals surface area contributed by atoms with E-state index in [-0.39, 0.29) is 5.38 Å². The van der Waals surface area contributed by atoms with E-state index in [9.17, 15) is 0 Å². The molecule has 0 aliphatic rings. The molecule has 17 heavy (non-hydrogen) atoms. The lowest BCUT2D eigenvalue weighted by Crippen LogP contribution is -1.88. The zero-order valence-electron chi connectivity index (χ0n) is 8.69. The molecule has 0 aliphatic carbocycles. The van der Waals surface area contributed by atoms with Crippen molar-refractivity contribution < 1.29 is 0 Å². The molecule has 0 aliphatic heterocycles. The van der Waals surface area contributed by atoms with Crippen LogP contribution in [0.1, 0.15) is 16.5 Å². The Labute approximate surface area is 126 Å². The van der Waals surface area contributed by atoms with Crippen LogP contribution in [0, 0.1) is 2.88 Å². The summed E-state index contributed by atoms with van der Waals surface area (Å²) in [7, 11) is 0. The number of rotatable bonds is 2. The Hall–Kier alpha value is -0.100. The summed E-state index contributed by atoms with van der Waals surface area (Å²) in [5.74, 6) is 0. The molecule has 1 aromatic carbocycles. The summed E-state index contributed by atoms with van der Waals surface area (Å²) >= 11 is 12.4. The summed E-state index contributed by atoms with van der Waals surface area (Å²) in [6.45, 7) is 0. The van der Waals surface area contributed by atoms with E-state index in [0.29, 0.717) is 0 Å². The predicted octanol–water partition coefficient (Wildman–Crippen LogP) is 5.90. The number of benzene rings is 1. The van der Waals surface area contributed by atoms with Crippen LogP contribution in [-0.2, 0) is 0 Å². The molecular formula is C13H8ClIS2. The van der Waals surface area contributed by atoms with E-state index >= 15 is 0 Å². The summed E-state index contributed by atoms with van der Waals surface area (Å²) in [6, 6.07) is 10.6. The van der Waals surface area contributed by atoms with E-state index in [1.54, 1.807) is 22.7 Å². The fraction of sp³-hybridized carbons (Fsp3) is 0.0769. The van der Waals surface area contributed by atoms with Gasteiger partial charge in [0.05, 0.1) is 8.26 Å². The Kier molecular flexibility index (Phi) is 3.43. The molecule has 0 saturated carbocycles. The predicted molar refractivity (Wildman–Crippen MR) is 86.6 cm³/mol. The molecule has 0 bridgehead atoms. The van der Waals surface area contributed by atoms with Crippen molar-refractivity contribution in [1.82, 2.24) is 0 Å². The number of alkyl halides is 1. The summed E-state index contributed by atoms with van der Waals surface area (Å²) in [6.07, 6.45) is 0. The van der Waals surface area contributed by atoms with E-state index in [0.717, 1.165) is 0 Å². The maximum Gasteiger partial charge on any atom is 0.0857 e. The Morgan fingerprint density at radius 2 is 1.94 bits per heavy atom. The van der Waals surface area contributed by atoms with Gasteiger partial charge in [-0.25, -0.2) is 0 Å². The average Bonchev–Trinajstić information content (AvgIpc) is 2.94. The maximum atomic E-state index is 6.58. The Balaban J connectivity index is 2.09. The first kappa shape index (κ1) is 12.0. The van der Waals surface area contributed by atoms with Crippen molar-refractivity contribution in [3.63, 3.8) is 0 Å². The lowest BCUT2D eigenvalue weighted by molar-refractivity contribution is 1.19. The van der Waals surface area contributed by atoms with Gasteiger partial charge in [0.25, 0.3) is 0 Å². The van der Waals surface area contributed by atoms with Crippen molar-refractivity contribution in [2.75, 3.05) is 0 Å². The molecule has 0 nitrogen and oxygen atoms in total. The second kappa shape index (κ2) is 4.88. The van der Waals surface area contributed by atoms with Crippen LogP contribution in [-0.4, -0.2) is 0 Å². The highest BCUT2D eigenvalue weighted by molar-refractivity contribution is 14.1. The summed E-state index contributed by atoms with van der Waals surface area (Å²) < 4.78 is 2.58.